The Morgan fingerprint density at radius 3 is 2.80 bits per heavy atom. The van der Waals surface area contributed by atoms with Gasteiger partial charge in [-0.25, -0.2) is 9.18 Å². The maximum absolute atomic E-state index is 13.8. The normalized spacial score (nSPS) is 14.9. The minimum Gasteiger partial charge on any atom is -0.461 e. The van der Waals surface area contributed by atoms with E-state index in [0.29, 0.717) is 23.6 Å². The van der Waals surface area contributed by atoms with Crippen molar-refractivity contribution in [3.05, 3.63) is 81.2 Å². The number of hydrogen-bond donors (Lipinski definition) is 2. The molecule has 0 aromatic heterocycles. The van der Waals surface area contributed by atoms with Crippen molar-refractivity contribution >= 4 is 35.1 Å². The van der Waals surface area contributed by atoms with Gasteiger partial charge in [0.25, 0.3) is 5.69 Å². The Bertz CT molecular complexity index is 979. The summed E-state index contributed by atoms with van der Waals surface area (Å²) in [5, 5.41) is 17.2. The fourth-order valence-electron chi connectivity index (χ4n) is 3.20. The second-order valence-corrected chi connectivity index (χ2v) is 7.06. The third-order valence-corrected chi connectivity index (χ3v) is 4.93. The summed E-state index contributed by atoms with van der Waals surface area (Å²) in [5.74, 6) is -0.724. The minimum absolute atomic E-state index is 0.0170. The first kappa shape index (κ1) is 21.4. The smallest absolute Gasteiger partial charge is 0.330 e. The number of rotatable bonds is 7. The van der Waals surface area contributed by atoms with Crippen LogP contribution in [-0.4, -0.2) is 29.2 Å². The summed E-state index contributed by atoms with van der Waals surface area (Å²) >= 11 is 5.26. The van der Waals surface area contributed by atoms with E-state index in [-0.39, 0.29) is 24.2 Å². The Kier molecular flexibility index (Phi) is 7.08. The average Bonchev–Trinajstić information content (AvgIpc) is 3.14. The molecule has 30 heavy (non-hydrogen) atoms. The van der Waals surface area contributed by atoms with Crippen molar-refractivity contribution in [3.8, 4) is 0 Å². The van der Waals surface area contributed by atoms with Crippen LogP contribution in [0.15, 0.2) is 48.5 Å². The molecule has 1 aliphatic rings. The lowest BCUT2D eigenvalue weighted by Gasteiger charge is -2.17. The molecule has 0 aliphatic heterocycles. The summed E-state index contributed by atoms with van der Waals surface area (Å²) in [6.45, 7) is 0.437. The van der Waals surface area contributed by atoms with Crippen LogP contribution >= 0.6 is 12.2 Å². The standard InChI is InChI=1S/C21H20FN3O4S/c22-18-3-1-2-17-16(18)9-10-19(17)24-21(30)23-12-13-29-20(26)11-6-14-4-7-15(8-5-14)25(27)28/h1-8,11,19H,9-10,12-13H2,(H2,23,24,30)/b11-6+. The molecule has 2 aromatic rings. The number of nitrogens with zero attached hydrogens (tertiary/aromatic N) is 1. The fourth-order valence-corrected chi connectivity index (χ4v) is 3.45. The number of nitrogens with one attached hydrogen (secondary N) is 2. The van der Waals surface area contributed by atoms with E-state index in [2.05, 4.69) is 10.6 Å². The molecule has 0 spiro atoms. The van der Waals surface area contributed by atoms with Crippen molar-refractivity contribution in [1.82, 2.24) is 10.6 Å². The fraction of sp³-hybridized carbons (Fsp3) is 0.238. The van der Waals surface area contributed by atoms with Crippen LogP contribution in [0.25, 0.3) is 6.08 Å². The van der Waals surface area contributed by atoms with E-state index in [0.717, 1.165) is 17.5 Å². The zero-order chi connectivity index (χ0) is 21.5. The van der Waals surface area contributed by atoms with Gasteiger partial charge in [0.15, 0.2) is 5.11 Å². The van der Waals surface area contributed by atoms with Crippen LogP contribution in [0.3, 0.4) is 0 Å². The number of thiocarbonyl (C=S) groups is 1. The highest BCUT2D eigenvalue weighted by molar-refractivity contribution is 7.80. The second kappa shape index (κ2) is 9.93. The predicted molar refractivity (Wildman–Crippen MR) is 114 cm³/mol. The number of non-ortho nitro benzene ring substituents is 1. The van der Waals surface area contributed by atoms with Crippen molar-refractivity contribution in [3.63, 3.8) is 0 Å². The molecule has 0 amide bonds. The van der Waals surface area contributed by atoms with E-state index in [9.17, 15) is 19.3 Å². The number of esters is 1. The molecule has 2 N–H and O–H groups in total. The largest absolute Gasteiger partial charge is 0.461 e. The first-order chi connectivity index (χ1) is 14.4. The third-order valence-electron chi connectivity index (χ3n) is 4.67. The van der Waals surface area contributed by atoms with Crippen LogP contribution in [0.4, 0.5) is 10.1 Å². The van der Waals surface area contributed by atoms with Crippen LogP contribution in [-0.2, 0) is 16.0 Å². The highest BCUT2D eigenvalue weighted by Gasteiger charge is 2.25. The molecule has 1 atom stereocenters. The van der Waals surface area contributed by atoms with E-state index in [4.69, 9.17) is 17.0 Å². The number of hydrogen-bond acceptors (Lipinski definition) is 5. The molecule has 0 radical (unpaired) electrons. The van der Waals surface area contributed by atoms with Gasteiger partial charge in [-0.1, -0.05) is 12.1 Å². The van der Waals surface area contributed by atoms with Gasteiger partial charge in [-0.15, -0.1) is 0 Å². The number of fused-ring (bicyclic) bond motifs is 1. The Morgan fingerprint density at radius 1 is 1.30 bits per heavy atom. The maximum Gasteiger partial charge on any atom is 0.330 e. The minimum atomic E-state index is -0.533. The predicted octanol–water partition coefficient (Wildman–Crippen LogP) is 3.44. The molecule has 7 nitrogen and oxygen atoms in total. The van der Waals surface area contributed by atoms with Gasteiger partial charge < -0.3 is 15.4 Å². The van der Waals surface area contributed by atoms with Crippen molar-refractivity contribution in [2.45, 2.75) is 18.9 Å². The van der Waals surface area contributed by atoms with Crippen LogP contribution in [0.2, 0.25) is 0 Å². The summed E-state index contributed by atoms with van der Waals surface area (Å²) in [6, 6.07) is 10.8. The summed E-state index contributed by atoms with van der Waals surface area (Å²) in [4.78, 5) is 21.9. The molecule has 2 aromatic carbocycles. The van der Waals surface area contributed by atoms with Gasteiger partial charge in [-0.05, 0) is 66.0 Å². The zero-order valence-electron chi connectivity index (χ0n) is 16.0. The Labute approximate surface area is 178 Å². The molecule has 0 bridgehead atoms. The van der Waals surface area contributed by atoms with Gasteiger partial charge in [0.05, 0.1) is 17.5 Å². The molecule has 0 saturated heterocycles. The van der Waals surface area contributed by atoms with Gasteiger partial charge in [-0.3, -0.25) is 10.1 Å². The number of nitro groups is 1. The van der Waals surface area contributed by atoms with Crippen LogP contribution < -0.4 is 10.6 Å². The third kappa shape index (κ3) is 5.60. The number of halogens is 1. The van der Waals surface area contributed by atoms with Crippen molar-refractivity contribution in [2.24, 2.45) is 0 Å². The Hall–Kier alpha value is -3.33. The van der Waals surface area contributed by atoms with Crippen molar-refractivity contribution in [1.29, 1.82) is 0 Å². The highest BCUT2D eigenvalue weighted by atomic mass is 32.1. The van der Waals surface area contributed by atoms with Crippen LogP contribution in [0.5, 0.6) is 0 Å². The number of nitro benzene ring substituents is 1. The van der Waals surface area contributed by atoms with E-state index < -0.39 is 10.9 Å². The van der Waals surface area contributed by atoms with Crippen molar-refractivity contribution < 1.29 is 18.8 Å². The van der Waals surface area contributed by atoms with E-state index in [1.165, 1.54) is 30.4 Å². The molecule has 1 unspecified atom stereocenters. The lowest BCUT2D eigenvalue weighted by atomic mass is 10.1. The number of ether oxygens (including phenoxy) is 1. The van der Waals surface area contributed by atoms with Gasteiger partial charge >= 0.3 is 5.97 Å². The van der Waals surface area contributed by atoms with Crippen LogP contribution in [0.1, 0.15) is 29.2 Å². The molecule has 3 rings (SSSR count). The van der Waals surface area contributed by atoms with E-state index in [1.807, 2.05) is 6.07 Å². The SMILES string of the molecule is O=C(/C=C/c1ccc([N+](=O)[O-])cc1)OCCNC(=S)NC1CCc2c(F)cccc21. The quantitative estimate of drug-likeness (QED) is 0.174. The molecule has 1 aliphatic carbocycles. The molecule has 156 valence electrons. The molecule has 0 heterocycles. The number of carbonyl (C=O) groups is 1. The maximum atomic E-state index is 13.8. The van der Waals surface area contributed by atoms with Crippen LogP contribution in [0, 0.1) is 15.9 Å². The topological polar surface area (TPSA) is 93.5 Å². The first-order valence-electron chi connectivity index (χ1n) is 9.35. The Balaban J connectivity index is 1.37. The molecule has 0 fully saturated rings. The average molecular weight is 429 g/mol. The molecule has 0 saturated carbocycles. The monoisotopic (exact) mass is 429 g/mol. The molecular formula is C21H20FN3O4S. The number of carbonyl (C=O) groups excluding carboxylic acids is 1. The molecular weight excluding hydrogens is 409 g/mol. The lowest BCUT2D eigenvalue weighted by Crippen LogP contribution is -2.38. The highest BCUT2D eigenvalue weighted by Crippen LogP contribution is 2.32. The molecule has 9 heteroatoms. The van der Waals surface area contributed by atoms with Crippen molar-refractivity contribution in [2.75, 3.05) is 13.2 Å². The Morgan fingerprint density at radius 2 is 2.07 bits per heavy atom. The summed E-state index contributed by atoms with van der Waals surface area (Å²) in [6.07, 6.45) is 4.20. The lowest BCUT2D eigenvalue weighted by molar-refractivity contribution is -0.384. The van der Waals surface area contributed by atoms with Gasteiger partial charge in [0.1, 0.15) is 12.4 Å². The van der Waals surface area contributed by atoms with Gasteiger partial charge in [0, 0.05) is 18.2 Å². The number of benzene rings is 2. The van der Waals surface area contributed by atoms with Gasteiger partial charge in [0.2, 0.25) is 0 Å². The first-order valence-corrected chi connectivity index (χ1v) is 9.76. The van der Waals surface area contributed by atoms with Gasteiger partial charge in [-0.2, -0.15) is 0 Å². The summed E-state index contributed by atoms with van der Waals surface area (Å²) < 4.78 is 18.9. The summed E-state index contributed by atoms with van der Waals surface area (Å²) in [5.41, 5.74) is 2.28. The summed E-state index contributed by atoms with van der Waals surface area (Å²) in [7, 11) is 0. The zero-order valence-corrected chi connectivity index (χ0v) is 16.8. The second-order valence-electron chi connectivity index (χ2n) is 6.65. The van der Waals surface area contributed by atoms with E-state index in [1.54, 1.807) is 18.2 Å². The van der Waals surface area contributed by atoms with E-state index >= 15 is 0 Å².